The Morgan fingerprint density at radius 1 is 0.576 bits per heavy atom. The van der Waals surface area contributed by atoms with Gasteiger partial charge in [0.15, 0.2) is 46.0 Å². The third-order valence-electron chi connectivity index (χ3n) is 12.6. The number of methoxy groups -OCH3 is 8. The number of hydrogen-bond donors (Lipinski definition) is 1. The van der Waals surface area contributed by atoms with Crippen molar-refractivity contribution in [1.82, 2.24) is 0 Å². The van der Waals surface area contributed by atoms with E-state index in [1.54, 1.807) is 56.9 Å². The number of benzene rings is 4. The van der Waals surface area contributed by atoms with E-state index >= 15 is 0 Å². The maximum Gasteiger partial charge on any atom is 0.331 e. The number of quaternary nitrogens is 2. The molecule has 5 rings (SSSR count). The lowest BCUT2D eigenvalue weighted by Crippen LogP contribution is -3.09. The fraction of sp³-hybridized carbons (Fsp3) is 0.462. The molecule has 0 saturated carbocycles. The molecule has 1 aliphatic heterocycles. The van der Waals surface area contributed by atoms with Crippen LogP contribution in [-0.4, -0.2) is 127 Å². The molecule has 14 heteroatoms. The van der Waals surface area contributed by atoms with Crippen LogP contribution in [0.3, 0.4) is 0 Å². The van der Waals surface area contributed by atoms with Crippen molar-refractivity contribution in [2.75, 3.05) is 110 Å². The van der Waals surface area contributed by atoms with Gasteiger partial charge in [0, 0.05) is 49.8 Å². The van der Waals surface area contributed by atoms with Crippen molar-refractivity contribution < 1.29 is 66.3 Å². The van der Waals surface area contributed by atoms with Gasteiger partial charge >= 0.3 is 11.9 Å². The second-order valence-electron chi connectivity index (χ2n) is 16.7. The van der Waals surface area contributed by atoms with Gasteiger partial charge in [-0.3, -0.25) is 0 Å². The summed E-state index contributed by atoms with van der Waals surface area (Å²) in [7, 11) is 17.5. The summed E-state index contributed by atoms with van der Waals surface area (Å²) in [5.41, 5.74) is 7.07. The fourth-order valence-electron chi connectivity index (χ4n) is 8.75. The summed E-state index contributed by atoms with van der Waals surface area (Å²) in [4.78, 5) is 26.5. The minimum absolute atomic E-state index is 0.0796. The monoisotopic (exact) mass is 914 g/mol. The first-order valence-electron chi connectivity index (χ1n) is 22.5. The average molecular weight is 915 g/mol. The maximum absolute atomic E-state index is 12.7. The molecule has 0 fully saturated rings. The fourth-order valence-corrected chi connectivity index (χ4v) is 8.75. The molecule has 3 atom stereocenters. The highest BCUT2D eigenvalue weighted by molar-refractivity contribution is 5.91. The Balaban J connectivity index is 1.07. The van der Waals surface area contributed by atoms with Crippen molar-refractivity contribution in [2.45, 2.75) is 51.0 Å². The molecule has 0 spiro atoms. The SMILES string of the molecule is COc1ccc(CCc2cc(OC)c(OC)cc2CC[NH+](C)CCCOC(=O)/C=C/C(=O)OCCC[N+]2(C)CCc3cc(OC)c(OC)cc3C2Cc2ccc(OC)c(OC)c2)cc1OC. The Labute approximate surface area is 390 Å². The lowest BCUT2D eigenvalue weighted by atomic mass is 9.86. The zero-order valence-electron chi connectivity index (χ0n) is 40.5. The van der Waals surface area contributed by atoms with Gasteiger partial charge in [0.2, 0.25) is 0 Å². The van der Waals surface area contributed by atoms with Crippen LogP contribution in [0.4, 0.5) is 0 Å². The second kappa shape index (κ2) is 25.0. The summed E-state index contributed by atoms with van der Waals surface area (Å²) in [6, 6.07) is 20.4. The van der Waals surface area contributed by atoms with E-state index < -0.39 is 11.9 Å². The summed E-state index contributed by atoms with van der Waals surface area (Å²) < 4.78 is 56.4. The summed E-state index contributed by atoms with van der Waals surface area (Å²) in [6.07, 6.45) is 7.63. The number of carbonyl (C=O) groups is 2. The molecular weight excluding hydrogens is 845 g/mol. The van der Waals surface area contributed by atoms with Crippen LogP contribution in [0.15, 0.2) is 72.8 Å². The first kappa shape index (κ1) is 50.9. The molecule has 4 aromatic rings. The summed E-state index contributed by atoms with van der Waals surface area (Å²) in [5.74, 6) is 4.39. The topological polar surface area (TPSA) is 131 Å². The van der Waals surface area contributed by atoms with Crippen LogP contribution in [0.2, 0.25) is 0 Å². The normalized spacial score (nSPS) is 15.9. The molecule has 14 nitrogen and oxygen atoms in total. The molecule has 358 valence electrons. The van der Waals surface area contributed by atoms with Crippen molar-refractivity contribution in [3.8, 4) is 46.0 Å². The molecule has 3 unspecified atom stereocenters. The van der Waals surface area contributed by atoms with Crippen molar-refractivity contribution >= 4 is 11.9 Å². The van der Waals surface area contributed by atoms with Gasteiger partial charge in [0.25, 0.3) is 0 Å². The van der Waals surface area contributed by atoms with Gasteiger partial charge in [-0.25, -0.2) is 9.59 Å². The summed E-state index contributed by atoms with van der Waals surface area (Å²) in [5, 5.41) is 0. The Hall–Kier alpha value is -6.12. The standard InChI is InChI=1S/C52H69N2O12/c1-53(24-21-39-33-48(62-8)47(61-7)32-38(39)16-13-36-14-17-43(57-3)45(30-36)59-5)23-11-27-65-51(55)19-20-52(56)66-28-12-25-54(2)26-22-40-34-49(63-9)50(64-10)35-41(40)42(54)29-37-15-18-44(58-4)46(31-37)60-6/h14-15,17-20,30-35,42H,11-13,16,21-29H2,1-10H3/q+1/p+1/b20-19+. The van der Waals surface area contributed by atoms with E-state index in [4.69, 9.17) is 47.4 Å². The van der Waals surface area contributed by atoms with Crippen LogP contribution in [0, 0.1) is 0 Å². The van der Waals surface area contributed by atoms with E-state index in [2.05, 4.69) is 50.5 Å². The molecular formula is C52H70N2O12+2. The van der Waals surface area contributed by atoms with Crippen molar-refractivity contribution in [1.29, 1.82) is 0 Å². The number of likely N-dealkylation sites (N-methyl/N-ethyl adjacent to an activating group) is 2. The van der Waals surface area contributed by atoms with Gasteiger partial charge in [-0.05, 0) is 89.2 Å². The third kappa shape index (κ3) is 13.5. The Kier molecular flexibility index (Phi) is 19.2. The van der Waals surface area contributed by atoms with Crippen LogP contribution in [0.25, 0.3) is 0 Å². The van der Waals surface area contributed by atoms with E-state index in [1.807, 2.05) is 24.3 Å². The van der Waals surface area contributed by atoms with Crippen molar-refractivity contribution in [3.63, 3.8) is 0 Å². The highest BCUT2D eigenvalue weighted by atomic mass is 16.5. The Morgan fingerprint density at radius 2 is 1.06 bits per heavy atom. The number of esters is 2. The number of fused-ring (bicyclic) bond motifs is 1. The van der Waals surface area contributed by atoms with Crippen molar-refractivity contribution in [3.05, 3.63) is 106 Å². The zero-order valence-corrected chi connectivity index (χ0v) is 40.5. The van der Waals surface area contributed by atoms with Crippen LogP contribution < -0.4 is 42.8 Å². The van der Waals surface area contributed by atoms with Crippen LogP contribution in [0.1, 0.15) is 52.3 Å². The molecule has 1 heterocycles. The lowest BCUT2D eigenvalue weighted by molar-refractivity contribution is -0.941. The molecule has 0 amide bonds. The van der Waals surface area contributed by atoms with Gasteiger partial charge < -0.3 is 56.8 Å². The van der Waals surface area contributed by atoms with E-state index in [0.717, 1.165) is 86.0 Å². The van der Waals surface area contributed by atoms with Crippen molar-refractivity contribution in [2.24, 2.45) is 0 Å². The highest BCUT2D eigenvalue weighted by Crippen LogP contribution is 2.43. The van der Waals surface area contributed by atoms with E-state index in [1.165, 1.54) is 27.2 Å². The van der Waals surface area contributed by atoms with Crippen LogP contribution in [0.5, 0.6) is 46.0 Å². The highest BCUT2D eigenvalue weighted by Gasteiger charge is 2.40. The second-order valence-corrected chi connectivity index (χ2v) is 16.7. The number of rotatable bonds is 26. The number of ether oxygens (including phenoxy) is 10. The van der Waals surface area contributed by atoms with E-state index in [-0.39, 0.29) is 19.3 Å². The van der Waals surface area contributed by atoms with Gasteiger partial charge in [0.1, 0.15) is 6.04 Å². The largest absolute Gasteiger partial charge is 0.493 e. The summed E-state index contributed by atoms with van der Waals surface area (Å²) >= 11 is 0. The molecule has 0 radical (unpaired) electrons. The molecule has 4 aromatic carbocycles. The van der Waals surface area contributed by atoms with Gasteiger partial charge in [-0.15, -0.1) is 0 Å². The number of aryl methyl sites for hydroxylation is 2. The number of nitrogens with zero attached hydrogens (tertiary/aromatic N) is 1. The molecule has 1 aliphatic rings. The van der Waals surface area contributed by atoms with E-state index in [0.29, 0.717) is 58.8 Å². The Bertz CT molecular complexity index is 2260. The summed E-state index contributed by atoms with van der Waals surface area (Å²) in [6.45, 7) is 3.77. The lowest BCUT2D eigenvalue weighted by Gasteiger charge is -2.46. The molecule has 1 N–H and O–H groups in total. The van der Waals surface area contributed by atoms with E-state index in [9.17, 15) is 9.59 Å². The number of carbonyl (C=O) groups excluding carboxylic acids is 2. The minimum Gasteiger partial charge on any atom is -0.493 e. The smallest absolute Gasteiger partial charge is 0.331 e. The predicted octanol–water partition coefficient (Wildman–Crippen LogP) is 6.01. The molecule has 0 aromatic heterocycles. The quantitative estimate of drug-likeness (QED) is 0.0343. The predicted molar refractivity (Wildman–Crippen MR) is 252 cm³/mol. The first-order valence-corrected chi connectivity index (χ1v) is 22.5. The first-order chi connectivity index (χ1) is 31.9. The molecule has 66 heavy (non-hydrogen) atoms. The van der Waals surface area contributed by atoms with Crippen LogP contribution >= 0.6 is 0 Å². The molecule has 0 bridgehead atoms. The van der Waals surface area contributed by atoms with Gasteiger partial charge in [0.05, 0.1) is 110 Å². The molecule has 0 saturated heterocycles. The van der Waals surface area contributed by atoms with Crippen LogP contribution in [-0.2, 0) is 51.2 Å². The zero-order chi connectivity index (χ0) is 47.6. The maximum atomic E-state index is 12.7. The number of hydrogen-bond acceptors (Lipinski definition) is 12. The average Bonchev–Trinajstić information content (AvgIpc) is 3.34. The number of nitrogens with one attached hydrogen (secondary N) is 1. The third-order valence-corrected chi connectivity index (χ3v) is 12.6. The minimum atomic E-state index is -0.584. The van der Waals surface area contributed by atoms with Gasteiger partial charge in [-0.1, -0.05) is 12.1 Å². The van der Waals surface area contributed by atoms with Gasteiger partial charge in [-0.2, -0.15) is 0 Å². The molecule has 0 aliphatic carbocycles. The Morgan fingerprint density at radius 3 is 1.64 bits per heavy atom.